The first-order valence-electron chi connectivity index (χ1n) is 6.10. The molecule has 0 unspecified atom stereocenters. The van der Waals surface area contributed by atoms with E-state index in [9.17, 15) is 0 Å². The van der Waals surface area contributed by atoms with Gasteiger partial charge in [0.2, 0.25) is 5.89 Å². The van der Waals surface area contributed by atoms with Crippen molar-refractivity contribution in [3.8, 4) is 6.07 Å². The maximum Gasteiger partial charge on any atom is 0.246 e. The lowest BCUT2D eigenvalue weighted by Crippen LogP contribution is -2.17. The Kier molecular flexibility index (Phi) is 4.63. The van der Waals surface area contributed by atoms with Crippen LogP contribution in [-0.2, 0) is 17.7 Å². The highest BCUT2D eigenvalue weighted by molar-refractivity contribution is 5.40. The summed E-state index contributed by atoms with van der Waals surface area (Å²) < 4.78 is 10.1. The van der Waals surface area contributed by atoms with Crippen LogP contribution in [0.3, 0.4) is 0 Å². The summed E-state index contributed by atoms with van der Waals surface area (Å²) in [5.41, 5.74) is 0.529. The van der Waals surface area contributed by atoms with E-state index in [1.807, 2.05) is 18.0 Å². The number of rotatable bonds is 6. The maximum absolute atomic E-state index is 8.73. The summed E-state index contributed by atoms with van der Waals surface area (Å²) >= 11 is 0. The lowest BCUT2D eigenvalue weighted by atomic mass is 10.3. The molecule has 104 valence electrons. The van der Waals surface area contributed by atoms with Gasteiger partial charge in [0.05, 0.1) is 18.7 Å². The largest absolute Gasteiger partial charge is 0.384 e. The van der Waals surface area contributed by atoms with Crippen molar-refractivity contribution in [1.29, 1.82) is 5.26 Å². The van der Waals surface area contributed by atoms with Gasteiger partial charge in [0.25, 0.3) is 0 Å². The highest BCUT2D eigenvalue weighted by atomic mass is 16.5. The zero-order valence-corrected chi connectivity index (χ0v) is 11.4. The molecule has 0 radical (unpaired) electrons. The van der Waals surface area contributed by atoms with Gasteiger partial charge in [-0.05, 0) is 12.1 Å². The van der Waals surface area contributed by atoms with Gasteiger partial charge in [0, 0.05) is 26.8 Å². The van der Waals surface area contributed by atoms with E-state index in [-0.39, 0.29) is 0 Å². The highest BCUT2D eigenvalue weighted by Crippen LogP contribution is 2.12. The summed E-state index contributed by atoms with van der Waals surface area (Å²) in [6.45, 7) is 1.02. The molecule has 0 aromatic carbocycles. The third kappa shape index (κ3) is 3.52. The number of nitrogens with zero attached hydrogens (tertiary/aromatic N) is 5. The molecule has 0 spiro atoms. The van der Waals surface area contributed by atoms with E-state index in [1.165, 1.54) is 6.20 Å². The molecule has 0 aliphatic rings. The van der Waals surface area contributed by atoms with Gasteiger partial charge in [-0.1, -0.05) is 5.16 Å². The number of ether oxygens (including phenoxy) is 1. The molecule has 20 heavy (non-hydrogen) atoms. The van der Waals surface area contributed by atoms with Gasteiger partial charge in [-0.2, -0.15) is 10.2 Å². The average Bonchev–Trinajstić information content (AvgIpc) is 2.92. The van der Waals surface area contributed by atoms with E-state index < -0.39 is 0 Å². The van der Waals surface area contributed by atoms with E-state index >= 15 is 0 Å². The summed E-state index contributed by atoms with van der Waals surface area (Å²) in [6.07, 6.45) is 2.16. The SMILES string of the molecule is COCCc1noc(CN(C)c2ccc(C#N)cn2)n1. The zero-order valence-electron chi connectivity index (χ0n) is 11.4. The quantitative estimate of drug-likeness (QED) is 0.780. The fourth-order valence-corrected chi connectivity index (χ4v) is 1.61. The van der Waals surface area contributed by atoms with Gasteiger partial charge in [0.15, 0.2) is 5.82 Å². The van der Waals surface area contributed by atoms with E-state index in [4.69, 9.17) is 14.5 Å². The topological polar surface area (TPSA) is 88.1 Å². The molecule has 0 atom stereocenters. The normalized spacial score (nSPS) is 10.2. The maximum atomic E-state index is 8.73. The second kappa shape index (κ2) is 6.63. The minimum Gasteiger partial charge on any atom is -0.384 e. The Morgan fingerprint density at radius 1 is 1.45 bits per heavy atom. The van der Waals surface area contributed by atoms with Gasteiger partial charge in [-0.3, -0.25) is 0 Å². The van der Waals surface area contributed by atoms with Gasteiger partial charge in [0.1, 0.15) is 11.9 Å². The molecule has 0 aliphatic carbocycles. The molecule has 0 bridgehead atoms. The predicted molar refractivity (Wildman–Crippen MR) is 70.9 cm³/mol. The van der Waals surface area contributed by atoms with Gasteiger partial charge >= 0.3 is 0 Å². The summed E-state index contributed by atoms with van der Waals surface area (Å²) in [5, 5.41) is 12.6. The number of hydrogen-bond donors (Lipinski definition) is 0. The number of hydrogen-bond acceptors (Lipinski definition) is 7. The van der Waals surface area contributed by atoms with Crippen molar-refractivity contribution in [2.45, 2.75) is 13.0 Å². The molecule has 0 aliphatic heterocycles. The van der Waals surface area contributed by atoms with Gasteiger partial charge < -0.3 is 14.2 Å². The second-order valence-corrected chi connectivity index (χ2v) is 4.22. The van der Waals surface area contributed by atoms with Crippen LogP contribution < -0.4 is 4.90 Å². The Bertz CT molecular complexity index is 588. The minimum absolute atomic E-state index is 0.457. The average molecular weight is 273 g/mol. The highest BCUT2D eigenvalue weighted by Gasteiger charge is 2.10. The zero-order chi connectivity index (χ0) is 14.4. The Balaban J connectivity index is 1.98. The van der Waals surface area contributed by atoms with E-state index in [1.54, 1.807) is 19.2 Å². The predicted octanol–water partition coefficient (Wildman–Crippen LogP) is 1.16. The summed E-state index contributed by atoms with van der Waals surface area (Å²) in [6, 6.07) is 5.53. The molecular formula is C13H15N5O2. The van der Waals surface area contributed by atoms with Crippen LogP contribution in [-0.4, -0.2) is 35.9 Å². The van der Waals surface area contributed by atoms with Crippen LogP contribution in [0, 0.1) is 11.3 Å². The van der Waals surface area contributed by atoms with Crippen LogP contribution in [0.2, 0.25) is 0 Å². The van der Waals surface area contributed by atoms with Gasteiger partial charge in [-0.25, -0.2) is 4.98 Å². The van der Waals surface area contributed by atoms with Crippen LogP contribution in [0.1, 0.15) is 17.3 Å². The van der Waals surface area contributed by atoms with E-state index in [0.29, 0.717) is 36.9 Å². The number of methoxy groups -OCH3 is 1. The van der Waals surface area contributed by atoms with Crippen molar-refractivity contribution < 1.29 is 9.26 Å². The molecule has 2 heterocycles. The molecule has 0 fully saturated rings. The van der Waals surface area contributed by atoms with E-state index in [0.717, 1.165) is 5.82 Å². The molecule has 0 saturated carbocycles. The first-order chi connectivity index (χ1) is 9.72. The number of pyridine rings is 1. The van der Waals surface area contributed by atoms with Crippen LogP contribution in [0.5, 0.6) is 0 Å². The van der Waals surface area contributed by atoms with Crippen LogP contribution in [0.15, 0.2) is 22.9 Å². The monoisotopic (exact) mass is 273 g/mol. The Morgan fingerprint density at radius 2 is 2.30 bits per heavy atom. The lowest BCUT2D eigenvalue weighted by Gasteiger charge is -2.15. The molecule has 0 saturated heterocycles. The van der Waals surface area contributed by atoms with Crippen molar-refractivity contribution in [3.63, 3.8) is 0 Å². The number of nitriles is 1. The molecular weight excluding hydrogens is 258 g/mol. The summed E-state index contributed by atoms with van der Waals surface area (Å²) in [7, 11) is 3.50. The van der Waals surface area contributed by atoms with Crippen molar-refractivity contribution in [1.82, 2.24) is 15.1 Å². The van der Waals surface area contributed by atoms with Crippen LogP contribution >= 0.6 is 0 Å². The second-order valence-electron chi connectivity index (χ2n) is 4.22. The third-order valence-electron chi connectivity index (χ3n) is 2.68. The summed E-state index contributed by atoms with van der Waals surface area (Å²) in [5.74, 6) is 1.88. The molecule has 0 amide bonds. The number of anilines is 1. The Hall–Kier alpha value is -2.46. The van der Waals surface area contributed by atoms with Crippen molar-refractivity contribution in [3.05, 3.63) is 35.6 Å². The first kappa shape index (κ1) is 14.0. The van der Waals surface area contributed by atoms with Crippen molar-refractivity contribution >= 4 is 5.82 Å². The van der Waals surface area contributed by atoms with Gasteiger partial charge in [-0.15, -0.1) is 0 Å². The number of aromatic nitrogens is 3. The molecule has 2 rings (SSSR count). The Morgan fingerprint density at radius 3 is 2.95 bits per heavy atom. The lowest BCUT2D eigenvalue weighted by molar-refractivity contribution is 0.199. The molecule has 2 aromatic heterocycles. The van der Waals surface area contributed by atoms with E-state index in [2.05, 4.69) is 15.1 Å². The van der Waals surface area contributed by atoms with Crippen molar-refractivity contribution in [2.75, 3.05) is 25.7 Å². The van der Waals surface area contributed by atoms with Crippen LogP contribution in [0.4, 0.5) is 5.82 Å². The first-order valence-corrected chi connectivity index (χ1v) is 6.10. The third-order valence-corrected chi connectivity index (χ3v) is 2.68. The fourth-order valence-electron chi connectivity index (χ4n) is 1.61. The molecule has 2 aromatic rings. The van der Waals surface area contributed by atoms with Crippen molar-refractivity contribution in [2.24, 2.45) is 0 Å². The standard InChI is InChI=1S/C13H15N5O2/c1-18(12-4-3-10(7-14)8-15-12)9-13-16-11(17-20-13)5-6-19-2/h3-4,8H,5-6,9H2,1-2H3. The molecule has 7 heteroatoms. The molecule has 7 nitrogen and oxygen atoms in total. The minimum atomic E-state index is 0.457. The van der Waals surface area contributed by atoms with Crippen LogP contribution in [0.25, 0.3) is 0 Å². The Labute approximate surface area is 116 Å². The fraction of sp³-hybridized carbons (Fsp3) is 0.385. The molecule has 0 N–H and O–H groups in total. The smallest absolute Gasteiger partial charge is 0.246 e. The summed E-state index contributed by atoms with van der Waals surface area (Å²) in [4.78, 5) is 10.3.